The molecule has 0 aromatic rings. The Hall–Kier alpha value is -1.16. The van der Waals surface area contributed by atoms with Gasteiger partial charge in [-0.05, 0) is 0 Å². The van der Waals surface area contributed by atoms with E-state index >= 15 is 0 Å². The first-order chi connectivity index (χ1) is 7.07. The minimum atomic E-state index is -0.500. The van der Waals surface area contributed by atoms with Gasteiger partial charge in [0.2, 0.25) is 0 Å². The summed E-state index contributed by atoms with van der Waals surface area (Å²) in [4.78, 5) is 41.2. The van der Waals surface area contributed by atoms with E-state index in [2.05, 4.69) is 0 Å². The molecule has 0 unspecified atom stereocenters. The number of carboxylic acid groups (broad SMARTS) is 5. The van der Waals surface area contributed by atoms with Crippen molar-refractivity contribution in [3.05, 3.63) is 0 Å². The van der Waals surface area contributed by atoms with Gasteiger partial charge in [0.05, 0.1) is 0 Å². The molecule has 0 radical (unpaired) electrons. The van der Waals surface area contributed by atoms with Crippen molar-refractivity contribution in [1.82, 2.24) is 0 Å². The summed E-state index contributed by atoms with van der Waals surface area (Å²) in [7, 11) is 0. The van der Waals surface area contributed by atoms with Crippen LogP contribution in [0.2, 0.25) is 0 Å². The van der Waals surface area contributed by atoms with Crippen LogP contribution < -0.4 is 25.5 Å². The molecule has 0 amide bonds. The van der Waals surface area contributed by atoms with Gasteiger partial charge in [0, 0.05) is 32.4 Å². The van der Waals surface area contributed by atoms with Crippen LogP contribution in [0.4, 0.5) is 0 Å². The first-order valence-electron chi connectivity index (χ1n) is 2.36. The zero-order valence-corrected chi connectivity index (χ0v) is 14.5. The Morgan fingerprint density at radius 3 is 0.471 bits per heavy atom. The molecule has 0 atom stereocenters. The van der Waals surface area contributed by atoms with E-state index in [9.17, 15) is 0 Å². The van der Waals surface area contributed by atoms with Gasteiger partial charge < -0.3 is 49.5 Å². The molecule has 0 aromatic heterocycles. The van der Waals surface area contributed by atoms with E-state index in [1.807, 2.05) is 0 Å². The quantitative estimate of drug-likeness (QED) is 0.275. The van der Waals surface area contributed by atoms with Crippen LogP contribution in [0.3, 0.4) is 0 Å². The molecule has 0 saturated carbocycles. The van der Waals surface area contributed by atoms with Crippen molar-refractivity contribution in [2.45, 2.75) is 0 Å². The van der Waals surface area contributed by atoms with Crippen molar-refractivity contribution in [2.24, 2.45) is 0 Å². The third-order valence-corrected chi connectivity index (χ3v) is 0. The van der Waals surface area contributed by atoms with Gasteiger partial charge in [0.1, 0.15) is 0 Å². The van der Waals surface area contributed by atoms with E-state index in [0.717, 1.165) is 0 Å². The molecule has 0 spiro atoms. The second-order valence-corrected chi connectivity index (χ2v) is 0.481. The second kappa shape index (κ2) is 193. The topological polar surface area (TPSA) is 201 Å². The monoisotopic (exact) mass is 404 g/mol. The van der Waals surface area contributed by atoms with E-state index < -0.39 is 32.4 Å². The smallest absolute Gasteiger partial charge is 0.554 e. The maximum Gasteiger partial charge on any atom is 3.00 e. The van der Waals surface area contributed by atoms with Crippen LogP contribution >= 0.6 is 0 Å². The predicted octanol–water partition coefficient (Wildman–Crippen LogP) is -8.55. The Labute approximate surface area is 127 Å². The van der Waals surface area contributed by atoms with Crippen molar-refractivity contribution in [1.29, 1.82) is 0 Å². The molecular weight excluding hydrogens is 400 g/mol. The summed E-state index contributed by atoms with van der Waals surface area (Å²) >= 11 is 0. The molecule has 0 bridgehead atoms. The molecule has 17 heavy (non-hydrogen) atoms. The molecule has 0 aromatic carbocycles. The average molecular weight is 405 g/mol. The molecule has 0 rings (SSSR count). The normalized spacial score (nSPS) is 3.53. The van der Waals surface area contributed by atoms with Crippen LogP contribution in [0.25, 0.3) is 0 Å². The van der Waals surface area contributed by atoms with Crippen LogP contribution in [0.5, 0.6) is 0 Å². The Morgan fingerprint density at radius 2 is 0.471 bits per heavy atom. The summed E-state index contributed by atoms with van der Waals surface area (Å²) in [6.45, 7) is -2.50. The zero-order valence-electron chi connectivity index (χ0n) is 8.25. The van der Waals surface area contributed by atoms with Crippen LogP contribution in [0, 0.1) is 0 Å². The number of hydrogen-bond donors (Lipinski definition) is 0. The van der Waals surface area contributed by atoms with Crippen LogP contribution in [-0.4, -0.2) is 58.2 Å². The molecule has 0 aliphatic heterocycles. The van der Waals surface area contributed by atoms with Gasteiger partial charge in [0.25, 0.3) is 0 Å². The SMILES string of the molecule is O=C[O-].O=C[O-].O=C[O-].O=C[O-].O=C[O-].[In+3].[Zn+2]. The Balaban J connectivity index is -0.0000000143. The third-order valence-electron chi connectivity index (χ3n) is 0. The standard InChI is InChI=1S/5CH2O2.In.Zn/c5*2-1-3;;/h5*1H,(H,2,3);;/q;;;;;+3;+2/p-5. The largest absolute Gasteiger partial charge is 3.00 e. The fraction of sp³-hybridized carbons (Fsp3) is 0. The summed E-state index contributed by atoms with van der Waals surface area (Å²) in [6, 6.07) is 0. The number of carbonyl (C=O) groups excluding carboxylic acids is 5. The van der Waals surface area contributed by atoms with Gasteiger partial charge in [-0.15, -0.1) is 0 Å². The molecule has 0 fully saturated rings. The van der Waals surface area contributed by atoms with Gasteiger partial charge in [-0.3, -0.25) is 0 Å². The van der Waals surface area contributed by atoms with Crippen molar-refractivity contribution < 1.29 is 69.0 Å². The maximum absolute atomic E-state index is 8.25. The van der Waals surface area contributed by atoms with Crippen molar-refractivity contribution in [2.75, 3.05) is 0 Å². The fourth-order valence-electron chi connectivity index (χ4n) is 0. The van der Waals surface area contributed by atoms with Crippen molar-refractivity contribution >= 4 is 58.2 Å². The van der Waals surface area contributed by atoms with E-state index in [4.69, 9.17) is 49.5 Å². The average Bonchev–Trinajstić information content (AvgIpc) is 2.09. The van der Waals surface area contributed by atoms with E-state index in [1.54, 1.807) is 0 Å². The summed E-state index contributed by atoms with van der Waals surface area (Å²) < 4.78 is 0. The summed E-state index contributed by atoms with van der Waals surface area (Å²) in [5, 5.41) is 41.2. The van der Waals surface area contributed by atoms with Gasteiger partial charge >= 0.3 is 45.3 Å². The summed E-state index contributed by atoms with van der Waals surface area (Å²) in [5.41, 5.74) is 0. The van der Waals surface area contributed by atoms with Gasteiger partial charge in [-0.1, -0.05) is 0 Å². The second-order valence-electron chi connectivity index (χ2n) is 0.481. The van der Waals surface area contributed by atoms with Crippen molar-refractivity contribution in [3.8, 4) is 0 Å². The molecule has 0 heterocycles. The first kappa shape index (κ1) is 44.6. The van der Waals surface area contributed by atoms with E-state index in [-0.39, 0.29) is 45.3 Å². The summed E-state index contributed by atoms with van der Waals surface area (Å²) in [6.07, 6.45) is 0. The van der Waals surface area contributed by atoms with E-state index in [1.165, 1.54) is 0 Å². The van der Waals surface area contributed by atoms with Crippen LogP contribution in [-0.2, 0) is 43.5 Å². The molecule has 0 saturated heterocycles. The van der Waals surface area contributed by atoms with Gasteiger partial charge in [0.15, 0.2) is 0 Å². The Bertz CT molecular complexity index is 97.0. The summed E-state index contributed by atoms with van der Waals surface area (Å²) in [5.74, 6) is 0. The molecule has 0 N–H and O–H groups in total. The van der Waals surface area contributed by atoms with Gasteiger partial charge in [-0.25, -0.2) is 0 Å². The number of carbonyl (C=O) groups is 5. The zero-order chi connectivity index (χ0) is 13.5. The molecule has 90 valence electrons. The number of rotatable bonds is 0. The molecule has 0 aliphatic carbocycles. The van der Waals surface area contributed by atoms with Crippen LogP contribution in [0.15, 0.2) is 0 Å². The molecule has 10 nitrogen and oxygen atoms in total. The molecule has 12 heteroatoms. The maximum atomic E-state index is 8.25. The minimum Gasteiger partial charge on any atom is -0.554 e. The Kier molecular flexibility index (Phi) is 506. The number of hydrogen-bond acceptors (Lipinski definition) is 10. The predicted molar refractivity (Wildman–Crippen MR) is 36.1 cm³/mol. The Morgan fingerprint density at radius 1 is 0.471 bits per heavy atom. The minimum absolute atomic E-state index is 0. The van der Waals surface area contributed by atoms with Crippen LogP contribution in [0.1, 0.15) is 0 Å². The van der Waals surface area contributed by atoms with Crippen molar-refractivity contribution in [3.63, 3.8) is 0 Å². The molecule has 0 aliphatic rings. The van der Waals surface area contributed by atoms with Gasteiger partial charge in [-0.2, -0.15) is 0 Å². The third kappa shape index (κ3) is 1830. The molecular formula is C5H5InO10Zn. The first-order valence-corrected chi connectivity index (χ1v) is 2.36. The van der Waals surface area contributed by atoms with E-state index in [0.29, 0.717) is 0 Å². The fourth-order valence-corrected chi connectivity index (χ4v) is 0.